The van der Waals surface area contributed by atoms with Crippen molar-refractivity contribution in [1.82, 2.24) is 0 Å². The molecule has 1 nitrogen and oxygen atoms in total. The highest BCUT2D eigenvalue weighted by Crippen LogP contribution is 2.35. The summed E-state index contributed by atoms with van der Waals surface area (Å²) in [5, 5.41) is 0. The summed E-state index contributed by atoms with van der Waals surface area (Å²) in [5.74, 6) is -0.412. The van der Waals surface area contributed by atoms with Gasteiger partial charge in [-0.1, -0.05) is 30.3 Å². The SMILES string of the molecule is Cc1cc(C(N)c2ccccc2C(F)(F)F)ccc1F. The second kappa shape index (κ2) is 5.25. The van der Waals surface area contributed by atoms with Crippen LogP contribution in [0.1, 0.15) is 28.3 Å². The van der Waals surface area contributed by atoms with Crippen molar-refractivity contribution in [2.24, 2.45) is 5.73 Å². The molecule has 0 saturated heterocycles. The zero-order valence-electron chi connectivity index (χ0n) is 10.7. The van der Waals surface area contributed by atoms with E-state index in [2.05, 4.69) is 0 Å². The van der Waals surface area contributed by atoms with Crippen LogP contribution < -0.4 is 5.73 Å². The lowest BCUT2D eigenvalue weighted by atomic mass is 9.94. The first-order valence-electron chi connectivity index (χ1n) is 5.98. The summed E-state index contributed by atoms with van der Waals surface area (Å²) in [6.45, 7) is 1.54. The Labute approximate surface area is 114 Å². The minimum atomic E-state index is -4.47. The smallest absolute Gasteiger partial charge is 0.320 e. The molecule has 2 rings (SSSR count). The molecule has 2 N–H and O–H groups in total. The molecule has 1 unspecified atom stereocenters. The molecular formula is C15H13F4N. The lowest BCUT2D eigenvalue weighted by Gasteiger charge is -2.19. The lowest BCUT2D eigenvalue weighted by Crippen LogP contribution is -2.18. The van der Waals surface area contributed by atoms with E-state index < -0.39 is 23.6 Å². The van der Waals surface area contributed by atoms with Crippen LogP contribution in [0, 0.1) is 12.7 Å². The molecule has 0 bridgehead atoms. The van der Waals surface area contributed by atoms with Crippen molar-refractivity contribution >= 4 is 0 Å². The van der Waals surface area contributed by atoms with E-state index in [0.717, 1.165) is 6.07 Å². The maximum absolute atomic E-state index is 13.2. The van der Waals surface area contributed by atoms with Gasteiger partial charge in [0, 0.05) is 0 Å². The van der Waals surface area contributed by atoms with Crippen molar-refractivity contribution in [1.29, 1.82) is 0 Å². The van der Waals surface area contributed by atoms with Gasteiger partial charge < -0.3 is 5.73 Å². The molecule has 1 atom stereocenters. The quantitative estimate of drug-likeness (QED) is 0.821. The van der Waals surface area contributed by atoms with E-state index in [1.165, 1.54) is 36.4 Å². The van der Waals surface area contributed by atoms with Gasteiger partial charge in [0.15, 0.2) is 0 Å². The van der Waals surface area contributed by atoms with E-state index >= 15 is 0 Å². The summed E-state index contributed by atoms with van der Waals surface area (Å²) in [4.78, 5) is 0. The van der Waals surface area contributed by atoms with Crippen molar-refractivity contribution in [2.45, 2.75) is 19.1 Å². The lowest BCUT2D eigenvalue weighted by molar-refractivity contribution is -0.138. The molecule has 0 aliphatic carbocycles. The average molecular weight is 283 g/mol. The van der Waals surface area contributed by atoms with E-state index in [-0.39, 0.29) is 5.56 Å². The Hall–Kier alpha value is -1.88. The molecule has 0 heterocycles. The van der Waals surface area contributed by atoms with Crippen molar-refractivity contribution in [3.8, 4) is 0 Å². The molecule has 0 spiro atoms. The molecule has 2 aromatic rings. The average Bonchev–Trinajstić information content (AvgIpc) is 2.40. The van der Waals surface area contributed by atoms with Gasteiger partial charge in [-0.15, -0.1) is 0 Å². The van der Waals surface area contributed by atoms with Gasteiger partial charge in [0.2, 0.25) is 0 Å². The first-order valence-corrected chi connectivity index (χ1v) is 5.98. The van der Waals surface area contributed by atoms with Crippen LogP contribution in [0.15, 0.2) is 42.5 Å². The van der Waals surface area contributed by atoms with Gasteiger partial charge in [-0.3, -0.25) is 0 Å². The number of aryl methyl sites for hydroxylation is 1. The van der Waals surface area contributed by atoms with Crippen LogP contribution in [0.2, 0.25) is 0 Å². The molecule has 2 aromatic carbocycles. The maximum atomic E-state index is 13.2. The van der Waals surface area contributed by atoms with Gasteiger partial charge in [0.05, 0.1) is 11.6 Å². The van der Waals surface area contributed by atoms with Crippen molar-refractivity contribution in [2.75, 3.05) is 0 Å². The molecule has 0 fully saturated rings. The maximum Gasteiger partial charge on any atom is 0.416 e. The van der Waals surface area contributed by atoms with E-state index in [4.69, 9.17) is 5.73 Å². The van der Waals surface area contributed by atoms with E-state index in [1.54, 1.807) is 6.92 Å². The van der Waals surface area contributed by atoms with E-state index in [1.807, 2.05) is 0 Å². The fourth-order valence-corrected chi connectivity index (χ4v) is 2.07. The minimum absolute atomic E-state index is 0.0222. The summed E-state index contributed by atoms with van der Waals surface area (Å²) in [6.07, 6.45) is -4.47. The topological polar surface area (TPSA) is 26.0 Å². The standard InChI is InChI=1S/C15H13F4N/c1-9-8-10(6-7-13(9)16)14(20)11-4-2-3-5-12(11)15(17,18)19/h2-8,14H,20H2,1H3. The number of halogens is 4. The predicted molar refractivity (Wildman–Crippen MR) is 68.6 cm³/mol. The Bertz CT molecular complexity index is 620. The predicted octanol–water partition coefficient (Wildman–Crippen LogP) is 4.20. The molecular weight excluding hydrogens is 270 g/mol. The second-order valence-electron chi connectivity index (χ2n) is 4.57. The van der Waals surface area contributed by atoms with E-state index in [9.17, 15) is 17.6 Å². The van der Waals surface area contributed by atoms with Gasteiger partial charge >= 0.3 is 6.18 Å². The third kappa shape index (κ3) is 2.82. The molecule has 5 heteroatoms. The fourth-order valence-electron chi connectivity index (χ4n) is 2.07. The van der Waals surface area contributed by atoms with E-state index in [0.29, 0.717) is 11.1 Å². The third-order valence-electron chi connectivity index (χ3n) is 3.14. The molecule has 106 valence electrons. The largest absolute Gasteiger partial charge is 0.416 e. The zero-order valence-corrected chi connectivity index (χ0v) is 10.7. The van der Waals surface area contributed by atoms with Gasteiger partial charge in [-0.2, -0.15) is 13.2 Å². The number of rotatable bonds is 2. The number of alkyl halides is 3. The monoisotopic (exact) mass is 283 g/mol. The minimum Gasteiger partial charge on any atom is -0.320 e. The Morgan fingerprint density at radius 1 is 1.05 bits per heavy atom. The first kappa shape index (κ1) is 14.5. The molecule has 0 aromatic heterocycles. The molecule has 0 radical (unpaired) electrons. The Balaban J connectivity index is 2.48. The second-order valence-corrected chi connectivity index (χ2v) is 4.57. The van der Waals surface area contributed by atoms with Crippen LogP contribution >= 0.6 is 0 Å². The van der Waals surface area contributed by atoms with Crippen LogP contribution in [-0.2, 0) is 6.18 Å². The Morgan fingerprint density at radius 3 is 2.30 bits per heavy atom. The van der Waals surface area contributed by atoms with Crippen LogP contribution in [-0.4, -0.2) is 0 Å². The number of benzene rings is 2. The van der Waals surface area contributed by atoms with Crippen LogP contribution in [0.25, 0.3) is 0 Å². The summed E-state index contributed by atoms with van der Waals surface area (Å²) >= 11 is 0. The fraction of sp³-hybridized carbons (Fsp3) is 0.200. The van der Waals surface area contributed by atoms with Crippen LogP contribution in [0.5, 0.6) is 0 Å². The molecule has 0 aliphatic heterocycles. The van der Waals surface area contributed by atoms with Crippen LogP contribution in [0.4, 0.5) is 17.6 Å². The first-order chi connectivity index (χ1) is 9.30. The normalized spacial score (nSPS) is 13.3. The van der Waals surface area contributed by atoms with Gasteiger partial charge in [0.1, 0.15) is 5.82 Å². The summed E-state index contributed by atoms with van der Waals surface area (Å²) in [7, 11) is 0. The van der Waals surface area contributed by atoms with Crippen LogP contribution in [0.3, 0.4) is 0 Å². The van der Waals surface area contributed by atoms with Crippen molar-refractivity contribution < 1.29 is 17.6 Å². The summed E-state index contributed by atoms with van der Waals surface area (Å²) in [5.41, 5.74) is 5.91. The zero-order chi connectivity index (χ0) is 14.9. The highest BCUT2D eigenvalue weighted by Gasteiger charge is 2.34. The van der Waals surface area contributed by atoms with Gasteiger partial charge in [-0.05, 0) is 35.7 Å². The van der Waals surface area contributed by atoms with Gasteiger partial charge in [-0.25, -0.2) is 4.39 Å². The third-order valence-corrected chi connectivity index (χ3v) is 3.14. The van der Waals surface area contributed by atoms with Crippen molar-refractivity contribution in [3.05, 3.63) is 70.5 Å². The number of hydrogen-bond donors (Lipinski definition) is 1. The van der Waals surface area contributed by atoms with Crippen molar-refractivity contribution in [3.63, 3.8) is 0 Å². The summed E-state index contributed by atoms with van der Waals surface area (Å²) in [6, 6.07) is 8.27. The number of hydrogen-bond acceptors (Lipinski definition) is 1. The Morgan fingerprint density at radius 2 is 1.70 bits per heavy atom. The molecule has 0 aliphatic rings. The molecule has 0 amide bonds. The highest BCUT2D eigenvalue weighted by atomic mass is 19.4. The number of nitrogens with two attached hydrogens (primary N) is 1. The summed E-state index contributed by atoms with van der Waals surface area (Å²) < 4.78 is 52.1. The highest BCUT2D eigenvalue weighted by molar-refractivity contribution is 5.39. The Kier molecular flexibility index (Phi) is 3.81. The molecule has 20 heavy (non-hydrogen) atoms. The molecule has 0 saturated carbocycles. The van der Waals surface area contributed by atoms with Gasteiger partial charge in [0.25, 0.3) is 0 Å².